The Morgan fingerprint density at radius 3 is 2.73 bits per heavy atom. The first-order chi connectivity index (χ1) is 15.6. The lowest BCUT2D eigenvalue weighted by Gasteiger charge is -2.27. The number of unbranched alkanes of at least 4 members (excludes halogenated alkanes) is 2. The van der Waals surface area contributed by atoms with Gasteiger partial charge in [0.25, 0.3) is 0 Å². The Morgan fingerprint density at radius 2 is 2.09 bits per heavy atom. The Hall–Kier alpha value is -2.79. The molecule has 0 spiro atoms. The van der Waals surface area contributed by atoms with Crippen molar-refractivity contribution >= 4 is 17.8 Å². The van der Waals surface area contributed by atoms with Crippen molar-refractivity contribution in [2.24, 2.45) is 5.92 Å². The zero-order chi connectivity index (χ0) is 24.2. The van der Waals surface area contributed by atoms with Crippen molar-refractivity contribution in [3.8, 4) is 0 Å². The Labute approximate surface area is 187 Å². The molecule has 11 heteroatoms. The van der Waals surface area contributed by atoms with E-state index in [-0.39, 0.29) is 24.0 Å². The van der Waals surface area contributed by atoms with Gasteiger partial charge in [-0.25, -0.2) is 4.79 Å². The van der Waals surface area contributed by atoms with Gasteiger partial charge in [-0.3, -0.25) is 9.69 Å². The largest absolute Gasteiger partial charge is 0.475 e. The van der Waals surface area contributed by atoms with Crippen LogP contribution in [0.15, 0.2) is 33.3 Å². The number of amides is 1. The lowest BCUT2D eigenvalue weighted by molar-refractivity contribution is -0.179. The molecule has 1 saturated heterocycles. The van der Waals surface area contributed by atoms with Crippen molar-refractivity contribution in [3.05, 3.63) is 41.5 Å². The van der Waals surface area contributed by atoms with Crippen LogP contribution >= 0.6 is 0 Å². The van der Waals surface area contributed by atoms with Crippen LogP contribution in [0.3, 0.4) is 0 Å². The maximum Gasteiger partial charge on any atom is 0.394 e. The highest BCUT2D eigenvalue weighted by Gasteiger charge is 2.54. The van der Waals surface area contributed by atoms with E-state index in [4.69, 9.17) is 18.7 Å². The number of aliphatic hydroxyl groups excluding tert-OH is 1. The second-order valence-corrected chi connectivity index (χ2v) is 8.00. The van der Waals surface area contributed by atoms with E-state index in [0.29, 0.717) is 12.0 Å². The van der Waals surface area contributed by atoms with Crippen LogP contribution in [0.4, 0.5) is 19.1 Å². The number of carbonyl (C=O) groups excluding carboxylic acids is 1. The minimum atomic E-state index is -4.64. The maximum atomic E-state index is 13.6. The van der Waals surface area contributed by atoms with Crippen molar-refractivity contribution in [2.45, 2.75) is 64.0 Å². The van der Waals surface area contributed by atoms with Gasteiger partial charge in [-0.2, -0.15) is 13.2 Å². The standard InChI is InChI=1S/C22H26F3NO7/c1-2-3-4-5-17(27)13-8-20(32-10-13)26-16(15(9-19(26)28)22(23,24)25)12-31-11-14-6-7-18(33-14)21(29)30/h6-8,10,15-17,27H,2-5,9,11-12H2,1H3,(H,29,30). The van der Waals surface area contributed by atoms with Gasteiger partial charge in [0.1, 0.15) is 12.4 Å². The first kappa shape index (κ1) is 24.8. The van der Waals surface area contributed by atoms with Gasteiger partial charge in [0, 0.05) is 18.1 Å². The van der Waals surface area contributed by atoms with E-state index in [1.165, 1.54) is 24.5 Å². The van der Waals surface area contributed by atoms with Gasteiger partial charge in [0.05, 0.1) is 30.9 Å². The van der Waals surface area contributed by atoms with E-state index in [2.05, 4.69) is 0 Å². The third-order valence-electron chi connectivity index (χ3n) is 5.59. The van der Waals surface area contributed by atoms with Crippen LogP contribution in [0.25, 0.3) is 0 Å². The first-order valence-corrected chi connectivity index (χ1v) is 10.7. The lowest BCUT2D eigenvalue weighted by atomic mass is 10.0. The quantitative estimate of drug-likeness (QED) is 0.456. The summed E-state index contributed by atoms with van der Waals surface area (Å²) in [6, 6.07) is 2.55. The summed E-state index contributed by atoms with van der Waals surface area (Å²) in [5.41, 5.74) is 0.390. The molecular weight excluding hydrogens is 447 g/mol. The Bertz CT molecular complexity index is 952. The van der Waals surface area contributed by atoms with Gasteiger partial charge in [-0.15, -0.1) is 0 Å². The average molecular weight is 473 g/mol. The second kappa shape index (κ2) is 10.4. The van der Waals surface area contributed by atoms with Crippen LogP contribution in [-0.2, 0) is 16.1 Å². The maximum absolute atomic E-state index is 13.6. The molecule has 0 radical (unpaired) electrons. The summed E-state index contributed by atoms with van der Waals surface area (Å²) in [4.78, 5) is 24.3. The summed E-state index contributed by atoms with van der Waals surface area (Å²) in [6.45, 7) is 1.28. The van der Waals surface area contributed by atoms with E-state index in [1.54, 1.807) is 0 Å². The van der Waals surface area contributed by atoms with Crippen molar-refractivity contribution in [3.63, 3.8) is 0 Å². The van der Waals surface area contributed by atoms with Gasteiger partial charge >= 0.3 is 12.1 Å². The van der Waals surface area contributed by atoms with E-state index >= 15 is 0 Å². The van der Waals surface area contributed by atoms with Gasteiger partial charge in [-0.05, 0) is 18.6 Å². The molecule has 1 aliphatic rings. The zero-order valence-electron chi connectivity index (χ0n) is 18.0. The van der Waals surface area contributed by atoms with Crippen LogP contribution in [0.2, 0.25) is 0 Å². The number of hydrogen-bond acceptors (Lipinski definition) is 6. The first-order valence-electron chi connectivity index (χ1n) is 10.7. The Balaban J connectivity index is 1.73. The normalized spacial score (nSPS) is 19.9. The number of hydrogen-bond donors (Lipinski definition) is 2. The molecule has 2 aromatic heterocycles. The molecule has 33 heavy (non-hydrogen) atoms. The molecule has 1 amide bonds. The summed E-state index contributed by atoms with van der Waals surface area (Å²) in [5, 5.41) is 19.2. The molecule has 0 aromatic carbocycles. The molecule has 3 atom stereocenters. The molecule has 0 bridgehead atoms. The molecule has 0 saturated carbocycles. The smallest absolute Gasteiger partial charge is 0.394 e. The summed E-state index contributed by atoms with van der Waals surface area (Å²) in [7, 11) is 0. The lowest BCUT2D eigenvalue weighted by Crippen LogP contribution is -2.42. The number of carboxylic acids is 1. The number of rotatable bonds is 11. The van der Waals surface area contributed by atoms with Crippen LogP contribution in [0, 0.1) is 5.92 Å². The molecule has 3 unspecified atom stereocenters. The van der Waals surface area contributed by atoms with E-state index in [1.807, 2.05) is 6.92 Å². The number of nitrogens with zero attached hydrogens (tertiary/aromatic N) is 1. The van der Waals surface area contributed by atoms with Gasteiger partial charge < -0.3 is 23.8 Å². The minimum Gasteiger partial charge on any atom is -0.475 e. The molecule has 2 aromatic rings. The third kappa shape index (κ3) is 5.97. The predicted octanol–water partition coefficient (Wildman–Crippen LogP) is 4.69. The number of alkyl halides is 3. The molecule has 0 aliphatic carbocycles. The zero-order valence-corrected chi connectivity index (χ0v) is 18.0. The van der Waals surface area contributed by atoms with Crippen molar-refractivity contribution in [1.29, 1.82) is 0 Å². The molecule has 1 aliphatic heterocycles. The number of aliphatic hydroxyl groups is 1. The van der Waals surface area contributed by atoms with Crippen LogP contribution < -0.4 is 4.90 Å². The third-order valence-corrected chi connectivity index (χ3v) is 5.59. The summed E-state index contributed by atoms with van der Waals surface area (Å²) < 4.78 is 56.7. The molecule has 1 fully saturated rings. The number of ether oxygens (including phenoxy) is 1. The molecule has 182 valence electrons. The number of furan rings is 2. The van der Waals surface area contributed by atoms with Crippen molar-refractivity contribution < 1.29 is 46.5 Å². The van der Waals surface area contributed by atoms with Crippen LogP contribution in [0.1, 0.15) is 67.0 Å². The minimum absolute atomic E-state index is 0.0870. The Morgan fingerprint density at radius 1 is 1.33 bits per heavy atom. The highest BCUT2D eigenvalue weighted by Crippen LogP contribution is 2.42. The van der Waals surface area contributed by atoms with Gasteiger partial charge in [-0.1, -0.05) is 26.2 Å². The highest BCUT2D eigenvalue weighted by atomic mass is 19.4. The van der Waals surface area contributed by atoms with Gasteiger partial charge in [0.2, 0.25) is 17.6 Å². The van der Waals surface area contributed by atoms with Crippen molar-refractivity contribution in [1.82, 2.24) is 0 Å². The average Bonchev–Trinajstić information content (AvgIpc) is 3.46. The number of anilines is 1. The SMILES string of the molecule is CCCCCC(O)c1coc(N2C(=O)CC(C(F)(F)F)C2COCc2ccc(C(=O)O)o2)c1. The molecule has 8 nitrogen and oxygen atoms in total. The number of carboxylic acid groups (broad SMARTS) is 1. The summed E-state index contributed by atoms with van der Waals surface area (Å²) >= 11 is 0. The summed E-state index contributed by atoms with van der Waals surface area (Å²) in [6.07, 6.45) is -1.84. The molecular formula is C22H26F3NO7. The highest BCUT2D eigenvalue weighted by molar-refractivity contribution is 5.95. The van der Waals surface area contributed by atoms with Crippen molar-refractivity contribution in [2.75, 3.05) is 11.5 Å². The van der Waals surface area contributed by atoms with E-state index in [9.17, 15) is 27.9 Å². The molecule has 3 heterocycles. The van der Waals surface area contributed by atoms with E-state index in [0.717, 1.165) is 24.2 Å². The number of aromatic carboxylic acids is 1. The summed E-state index contributed by atoms with van der Waals surface area (Å²) in [5.74, 6) is -4.30. The van der Waals surface area contributed by atoms with Gasteiger partial charge in [0.15, 0.2) is 0 Å². The van der Waals surface area contributed by atoms with Crippen LogP contribution in [-0.4, -0.2) is 40.9 Å². The topological polar surface area (TPSA) is 113 Å². The number of carbonyl (C=O) groups is 2. The molecule has 3 rings (SSSR count). The fourth-order valence-corrected chi connectivity index (χ4v) is 3.84. The van der Waals surface area contributed by atoms with Crippen LogP contribution in [0.5, 0.6) is 0 Å². The monoisotopic (exact) mass is 473 g/mol. The second-order valence-electron chi connectivity index (χ2n) is 8.00. The Kier molecular flexibility index (Phi) is 7.85. The molecule has 2 N–H and O–H groups in total. The van der Waals surface area contributed by atoms with E-state index < -0.39 is 49.1 Å². The predicted molar refractivity (Wildman–Crippen MR) is 109 cm³/mol. The fourth-order valence-electron chi connectivity index (χ4n) is 3.84. The fraction of sp³-hybridized carbons (Fsp3) is 0.545. The number of halogens is 3.